The van der Waals surface area contributed by atoms with E-state index in [1.807, 2.05) is 19.2 Å². The molecule has 0 aromatic heterocycles. The van der Waals surface area contributed by atoms with Gasteiger partial charge >= 0.3 is 0 Å². The number of benzene rings is 1. The molecule has 0 atom stereocenters. The number of carbonyl (C=O) groups is 1. The fraction of sp³-hybridized carbons (Fsp3) is 0.364. The van der Waals surface area contributed by atoms with Crippen molar-refractivity contribution in [3.63, 3.8) is 0 Å². The lowest BCUT2D eigenvalue weighted by Crippen LogP contribution is -2.77. The molecular weight excluding hydrogens is 208 g/mol. The van der Waals surface area contributed by atoms with Crippen molar-refractivity contribution >= 4 is 5.91 Å². The zero-order chi connectivity index (χ0) is 12.0. The molecule has 5 heteroatoms. The Labute approximate surface area is 94.5 Å². The lowest BCUT2D eigenvalue weighted by molar-refractivity contribution is -0.643. The average Bonchev–Trinajstić information content (AvgIpc) is 2.27. The van der Waals surface area contributed by atoms with E-state index in [9.17, 15) is 4.79 Å². The number of hydrogen-bond acceptors (Lipinski definition) is 3. The largest absolute Gasteiger partial charge is 0.493 e. The van der Waals surface area contributed by atoms with Gasteiger partial charge in [-0.1, -0.05) is 0 Å². The van der Waals surface area contributed by atoms with Gasteiger partial charge in [-0.25, -0.2) is 0 Å². The number of quaternary nitrogens is 1. The molecule has 88 valence electrons. The minimum absolute atomic E-state index is 0.143. The summed E-state index contributed by atoms with van der Waals surface area (Å²) in [5.41, 5.74) is 6.13. The van der Waals surface area contributed by atoms with Gasteiger partial charge in [0, 0.05) is 5.56 Å². The van der Waals surface area contributed by atoms with Gasteiger partial charge in [0.25, 0.3) is 5.91 Å². The number of amides is 1. The normalized spacial score (nSPS) is 9.88. The van der Waals surface area contributed by atoms with Gasteiger partial charge in [-0.15, -0.1) is 0 Å². The van der Waals surface area contributed by atoms with E-state index in [1.165, 1.54) is 0 Å². The zero-order valence-corrected chi connectivity index (χ0v) is 9.53. The molecule has 0 unspecified atom stereocenters. The van der Waals surface area contributed by atoms with Crippen LogP contribution in [0.4, 0.5) is 0 Å². The summed E-state index contributed by atoms with van der Waals surface area (Å²) in [6.07, 6.45) is 0. The molecule has 0 saturated heterocycles. The third-order valence-corrected chi connectivity index (χ3v) is 2.04. The first-order chi connectivity index (χ1) is 7.67. The van der Waals surface area contributed by atoms with E-state index in [0.29, 0.717) is 11.5 Å². The summed E-state index contributed by atoms with van der Waals surface area (Å²) >= 11 is 0. The second kappa shape index (κ2) is 5.97. The Bertz CT molecular complexity index is 366. The summed E-state index contributed by atoms with van der Waals surface area (Å²) in [6.45, 7) is 0.724. The standard InChI is InChI=1S/C11H16N2O3/c1-13-6-8-3-4-9(10(5-8)15-2)16-7-11(12)14/h3-5,13H,6-7H2,1-2H3,(H2,12,14)/p+1. The van der Waals surface area contributed by atoms with Crippen LogP contribution in [0.5, 0.6) is 11.5 Å². The van der Waals surface area contributed by atoms with E-state index in [0.717, 1.165) is 12.1 Å². The molecule has 0 aliphatic heterocycles. The molecule has 1 aromatic carbocycles. The van der Waals surface area contributed by atoms with E-state index >= 15 is 0 Å². The van der Waals surface area contributed by atoms with Crippen LogP contribution in [0.1, 0.15) is 5.56 Å². The Hall–Kier alpha value is -1.75. The van der Waals surface area contributed by atoms with Gasteiger partial charge in [-0.3, -0.25) is 4.79 Å². The third kappa shape index (κ3) is 3.43. The molecule has 0 spiro atoms. The third-order valence-electron chi connectivity index (χ3n) is 2.04. The fourth-order valence-electron chi connectivity index (χ4n) is 1.34. The highest BCUT2D eigenvalue weighted by molar-refractivity contribution is 5.75. The van der Waals surface area contributed by atoms with Gasteiger partial charge in [-0.2, -0.15) is 0 Å². The van der Waals surface area contributed by atoms with Crippen LogP contribution in [-0.2, 0) is 11.3 Å². The first-order valence-electron chi connectivity index (χ1n) is 5.03. The summed E-state index contributed by atoms with van der Waals surface area (Å²) in [4.78, 5) is 10.6. The van der Waals surface area contributed by atoms with Gasteiger partial charge < -0.3 is 20.5 Å². The molecule has 1 rings (SSSR count). The monoisotopic (exact) mass is 225 g/mol. The average molecular weight is 225 g/mol. The van der Waals surface area contributed by atoms with Crippen molar-refractivity contribution in [2.24, 2.45) is 5.73 Å². The van der Waals surface area contributed by atoms with Crippen molar-refractivity contribution in [3.05, 3.63) is 23.8 Å². The number of nitrogens with two attached hydrogens (primary N) is 2. The quantitative estimate of drug-likeness (QED) is 0.669. The summed E-state index contributed by atoms with van der Waals surface area (Å²) in [7, 11) is 3.55. The summed E-state index contributed by atoms with van der Waals surface area (Å²) < 4.78 is 10.4. The van der Waals surface area contributed by atoms with Crippen LogP contribution in [0, 0.1) is 0 Å². The molecule has 1 aromatic rings. The van der Waals surface area contributed by atoms with E-state index in [-0.39, 0.29) is 6.61 Å². The topological polar surface area (TPSA) is 78.2 Å². The number of carbonyl (C=O) groups excluding carboxylic acids is 1. The Morgan fingerprint density at radius 2 is 2.19 bits per heavy atom. The summed E-state index contributed by atoms with van der Waals surface area (Å²) in [5, 5.41) is 2.05. The Kier molecular flexibility index (Phi) is 4.60. The molecule has 16 heavy (non-hydrogen) atoms. The highest BCUT2D eigenvalue weighted by Gasteiger charge is 2.07. The Morgan fingerprint density at radius 3 is 2.75 bits per heavy atom. The van der Waals surface area contributed by atoms with Crippen molar-refractivity contribution < 1.29 is 19.6 Å². The van der Waals surface area contributed by atoms with Crippen LogP contribution < -0.4 is 20.5 Å². The molecule has 0 fully saturated rings. The van der Waals surface area contributed by atoms with Crippen molar-refractivity contribution in [1.29, 1.82) is 0 Å². The van der Waals surface area contributed by atoms with Crippen LogP contribution in [0.15, 0.2) is 18.2 Å². The highest BCUT2D eigenvalue weighted by atomic mass is 16.5. The first kappa shape index (κ1) is 12.3. The van der Waals surface area contributed by atoms with Crippen molar-refractivity contribution in [3.8, 4) is 11.5 Å². The summed E-state index contributed by atoms with van der Waals surface area (Å²) in [5.74, 6) is 0.634. The number of ether oxygens (including phenoxy) is 2. The molecule has 0 saturated carbocycles. The number of rotatable bonds is 6. The molecule has 4 N–H and O–H groups in total. The van der Waals surface area contributed by atoms with Crippen molar-refractivity contribution in [2.45, 2.75) is 6.54 Å². The maximum absolute atomic E-state index is 10.6. The molecule has 5 nitrogen and oxygen atoms in total. The molecule has 0 aliphatic carbocycles. The predicted octanol–water partition coefficient (Wildman–Crippen LogP) is -0.747. The van der Waals surface area contributed by atoms with Crippen LogP contribution in [0.3, 0.4) is 0 Å². The molecule has 0 aliphatic rings. The fourth-order valence-corrected chi connectivity index (χ4v) is 1.34. The lowest BCUT2D eigenvalue weighted by Gasteiger charge is -2.10. The number of primary amides is 1. The molecule has 0 radical (unpaired) electrons. The maximum atomic E-state index is 10.6. The van der Waals surface area contributed by atoms with Crippen LogP contribution in [0.25, 0.3) is 0 Å². The SMILES string of the molecule is C[NH2+]Cc1ccc(OCC(N)=O)c(OC)c1. The van der Waals surface area contributed by atoms with Crippen LogP contribution in [-0.4, -0.2) is 26.7 Å². The Morgan fingerprint density at radius 1 is 1.44 bits per heavy atom. The van der Waals surface area contributed by atoms with Crippen LogP contribution >= 0.6 is 0 Å². The predicted molar refractivity (Wildman–Crippen MR) is 59.2 cm³/mol. The van der Waals surface area contributed by atoms with E-state index in [4.69, 9.17) is 15.2 Å². The minimum atomic E-state index is -0.506. The smallest absolute Gasteiger partial charge is 0.255 e. The van der Waals surface area contributed by atoms with Gasteiger partial charge in [0.2, 0.25) is 0 Å². The van der Waals surface area contributed by atoms with E-state index < -0.39 is 5.91 Å². The van der Waals surface area contributed by atoms with Gasteiger partial charge in [0.15, 0.2) is 18.1 Å². The van der Waals surface area contributed by atoms with Crippen LogP contribution in [0.2, 0.25) is 0 Å². The first-order valence-corrected chi connectivity index (χ1v) is 5.03. The second-order valence-corrected chi connectivity index (χ2v) is 3.35. The highest BCUT2D eigenvalue weighted by Crippen LogP contribution is 2.27. The van der Waals surface area contributed by atoms with E-state index in [1.54, 1.807) is 13.2 Å². The van der Waals surface area contributed by atoms with E-state index in [2.05, 4.69) is 5.32 Å². The summed E-state index contributed by atoms with van der Waals surface area (Å²) in [6, 6.07) is 5.59. The molecule has 0 heterocycles. The number of hydrogen-bond donors (Lipinski definition) is 2. The lowest BCUT2D eigenvalue weighted by atomic mass is 10.2. The van der Waals surface area contributed by atoms with Gasteiger partial charge in [0.1, 0.15) is 6.54 Å². The Balaban J connectivity index is 2.80. The van der Waals surface area contributed by atoms with Gasteiger partial charge in [-0.05, 0) is 18.2 Å². The van der Waals surface area contributed by atoms with Gasteiger partial charge in [0.05, 0.1) is 14.2 Å². The van der Waals surface area contributed by atoms with Crippen molar-refractivity contribution in [1.82, 2.24) is 0 Å². The maximum Gasteiger partial charge on any atom is 0.255 e. The second-order valence-electron chi connectivity index (χ2n) is 3.35. The molecule has 0 bridgehead atoms. The number of methoxy groups -OCH3 is 1. The van der Waals surface area contributed by atoms with Crippen molar-refractivity contribution in [2.75, 3.05) is 20.8 Å². The molecular formula is C11H17N2O3+. The minimum Gasteiger partial charge on any atom is -0.493 e. The molecule has 1 amide bonds. The zero-order valence-electron chi connectivity index (χ0n) is 9.53.